The molecule has 0 aliphatic heterocycles. The normalized spacial score (nSPS) is 13.4. The molecule has 4 rings (SSSR count). The number of rotatable bonds is 7. The van der Waals surface area contributed by atoms with Crippen molar-refractivity contribution in [2.24, 2.45) is 5.73 Å². The second kappa shape index (κ2) is 9.86. The second-order valence-corrected chi connectivity index (χ2v) is 10.7. The van der Waals surface area contributed by atoms with Crippen LogP contribution in [0.15, 0.2) is 53.4 Å². The number of ether oxygens (including phenoxy) is 1. The first-order chi connectivity index (χ1) is 16.3. The molecule has 0 atom stereocenters. The molecule has 3 aromatic rings. The molecular formula is C24H25N3O5S2. The van der Waals surface area contributed by atoms with Gasteiger partial charge in [0.1, 0.15) is 10.8 Å². The number of carbonyl (C=O) groups excluding carboxylic acids is 2. The van der Waals surface area contributed by atoms with Crippen molar-refractivity contribution in [2.45, 2.75) is 37.0 Å². The van der Waals surface area contributed by atoms with Crippen LogP contribution >= 0.6 is 11.3 Å². The van der Waals surface area contributed by atoms with Gasteiger partial charge in [-0.25, -0.2) is 8.42 Å². The molecule has 178 valence electrons. The quantitative estimate of drug-likeness (QED) is 0.420. The van der Waals surface area contributed by atoms with Crippen LogP contribution in [0.25, 0.3) is 0 Å². The molecule has 1 aliphatic rings. The van der Waals surface area contributed by atoms with E-state index in [4.69, 9.17) is 10.5 Å². The van der Waals surface area contributed by atoms with Crippen molar-refractivity contribution in [3.63, 3.8) is 0 Å². The van der Waals surface area contributed by atoms with Crippen molar-refractivity contribution in [1.29, 1.82) is 0 Å². The van der Waals surface area contributed by atoms with E-state index >= 15 is 0 Å². The van der Waals surface area contributed by atoms with Crippen LogP contribution in [0.5, 0.6) is 5.75 Å². The molecule has 4 N–H and O–H groups in total. The summed E-state index contributed by atoms with van der Waals surface area (Å²) in [5, 5.41) is 3.28. The van der Waals surface area contributed by atoms with Gasteiger partial charge in [0.2, 0.25) is 0 Å². The maximum atomic E-state index is 12.8. The van der Waals surface area contributed by atoms with Crippen LogP contribution < -0.4 is 20.5 Å². The highest BCUT2D eigenvalue weighted by Gasteiger charge is 2.24. The Hall–Kier alpha value is -3.37. The third-order valence-corrected chi connectivity index (χ3v) is 8.27. The largest absolute Gasteiger partial charge is 0.497 e. The van der Waals surface area contributed by atoms with E-state index in [2.05, 4.69) is 10.0 Å². The molecular weight excluding hydrogens is 474 g/mol. The summed E-state index contributed by atoms with van der Waals surface area (Å²) in [6.07, 6.45) is 4.80. The number of hydrogen-bond acceptors (Lipinski definition) is 6. The number of nitrogens with one attached hydrogen (secondary N) is 2. The predicted molar refractivity (Wildman–Crippen MR) is 132 cm³/mol. The summed E-state index contributed by atoms with van der Waals surface area (Å²) in [6.45, 7) is 0. The molecule has 2 aromatic carbocycles. The molecule has 0 spiro atoms. The van der Waals surface area contributed by atoms with Crippen molar-refractivity contribution < 1.29 is 22.7 Å². The van der Waals surface area contributed by atoms with Crippen LogP contribution in [0.3, 0.4) is 0 Å². The van der Waals surface area contributed by atoms with Crippen LogP contribution in [0, 0.1) is 0 Å². The Morgan fingerprint density at radius 3 is 2.29 bits per heavy atom. The number of anilines is 2. The summed E-state index contributed by atoms with van der Waals surface area (Å²) in [6, 6.07) is 12.1. The SMILES string of the molecule is COc1ccc(S(=O)(=O)Nc2ccc(C(=O)Nc3sc4c(c3C(N)=O)CCCCC4)cc2)cc1. The van der Waals surface area contributed by atoms with E-state index in [1.165, 1.54) is 54.8 Å². The van der Waals surface area contributed by atoms with Gasteiger partial charge in [0, 0.05) is 16.1 Å². The predicted octanol–water partition coefficient (Wildman–Crippen LogP) is 4.18. The minimum Gasteiger partial charge on any atom is -0.497 e. The lowest BCUT2D eigenvalue weighted by Gasteiger charge is -2.10. The van der Waals surface area contributed by atoms with E-state index < -0.39 is 21.8 Å². The lowest BCUT2D eigenvalue weighted by molar-refractivity contribution is 0.100. The molecule has 34 heavy (non-hydrogen) atoms. The van der Waals surface area contributed by atoms with Crippen LogP contribution in [0.2, 0.25) is 0 Å². The van der Waals surface area contributed by atoms with Crippen LogP contribution in [-0.2, 0) is 22.9 Å². The van der Waals surface area contributed by atoms with E-state index in [1.54, 1.807) is 12.1 Å². The number of thiophene rings is 1. The maximum absolute atomic E-state index is 12.8. The number of hydrogen-bond donors (Lipinski definition) is 3. The monoisotopic (exact) mass is 499 g/mol. The highest BCUT2D eigenvalue weighted by atomic mass is 32.2. The summed E-state index contributed by atoms with van der Waals surface area (Å²) in [7, 11) is -2.29. The van der Waals surface area contributed by atoms with Gasteiger partial charge in [0.25, 0.3) is 21.8 Å². The zero-order valence-corrected chi connectivity index (χ0v) is 20.2. The van der Waals surface area contributed by atoms with Crippen molar-refractivity contribution in [1.82, 2.24) is 0 Å². The average molecular weight is 500 g/mol. The Balaban J connectivity index is 1.49. The highest BCUT2D eigenvalue weighted by molar-refractivity contribution is 7.92. The third kappa shape index (κ3) is 5.07. The van der Waals surface area contributed by atoms with Gasteiger partial charge in [-0.3, -0.25) is 14.3 Å². The Morgan fingerprint density at radius 1 is 0.971 bits per heavy atom. The number of amides is 2. The smallest absolute Gasteiger partial charge is 0.261 e. The molecule has 1 heterocycles. The molecule has 0 unspecified atom stereocenters. The Bertz CT molecular complexity index is 1310. The van der Waals surface area contributed by atoms with Gasteiger partial charge in [0.15, 0.2) is 0 Å². The number of fused-ring (bicyclic) bond motifs is 1. The van der Waals surface area contributed by atoms with Gasteiger partial charge < -0.3 is 15.8 Å². The molecule has 0 saturated heterocycles. The number of aryl methyl sites for hydroxylation is 1. The van der Waals surface area contributed by atoms with E-state index in [0.717, 1.165) is 42.5 Å². The number of sulfonamides is 1. The number of nitrogens with two attached hydrogens (primary N) is 1. The van der Waals surface area contributed by atoms with Crippen molar-refractivity contribution in [2.75, 3.05) is 17.1 Å². The topological polar surface area (TPSA) is 128 Å². The van der Waals surface area contributed by atoms with E-state index in [0.29, 0.717) is 27.6 Å². The zero-order chi connectivity index (χ0) is 24.3. The molecule has 1 aliphatic carbocycles. The zero-order valence-electron chi connectivity index (χ0n) is 18.6. The Labute approximate surface area is 202 Å². The van der Waals surface area contributed by atoms with Crippen molar-refractivity contribution in [3.05, 3.63) is 70.1 Å². The molecule has 0 saturated carbocycles. The van der Waals surface area contributed by atoms with Crippen LogP contribution in [-0.4, -0.2) is 27.3 Å². The average Bonchev–Trinajstić information content (AvgIpc) is 3.00. The molecule has 0 fully saturated rings. The highest BCUT2D eigenvalue weighted by Crippen LogP contribution is 2.37. The number of primary amides is 1. The summed E-state index contributed by atoms with van der Waals surface area (Å²) in [5.41, 5.74) is 7.63. The molecule has 0 bridgehead atoms. The first kappa shape index (κ1) is 23.8. The summed E-state index contributed by atoms with van der Waals surface area (Å²) >= 11 is 1.40. The molecule has 1 aromatic heterocycles. The lowest BCUT2D eigenvalue weighted by atomic mass is 10.1. The minimum absolute atomic E-state index is 0.0894. The van der Waals surface area contributed by atoms with E-state index in [9.17, 15) is 18.0 Å². The second-order valence-electron chi connectivity index (χ2n) is 7.95. The van der Waals surface area contributed by atoms with E-state index in [-0.39, 0.29) is 4.90 Å². The lowest BCUT2D eigenvalue weighted by Crippen LogP contribution is -2.18. The first-order valence-electron chi connectivity index (χ1n) is 10.8. The van der Waals surface area contributed by atoms with Crippen molar-refractivity contribution >= 4 is 43.9 Å². The van der Waals surface area contributed by atoms with Gasteiger partial charge in [-0.1, -0.05) is 6.42 Å². The summed E-state index contributed by atoms with van der Waals surface area (Å²) in [4.78, 5) is 26.2. The fourth-order valence-corrected chi connectivity index (χ4v) is 6.27. The Morgan fingerprint density at radius 2 is 1.65 bits per heavy atom. The fraction of sp³-hybridized carbons (Fsp3) is 0.250. The van der Waals surface area contributed by atoms with Gasteiger partial charge >= 0.3 is 0 Å². The molecule has 8 nitrogen and oxygen atoms in total. The van der Waals surface area contributed by atoms with E-state index in [1.807, 2.05) is 0 Å². The number of carbonyl (C=O) groups is 2. The summed E-state index contributed by atoms with van der Waals surface area (Å²) < 4.78 is 32.8. The van der Waals surface area contributed by atoms with Gasteiger partial charge in [0.05, 0.1) is 17.6 Å². The maximum Gasteiger partial charge on any atom is 0.261 e. The summed E-state index contributed by atoms with van der Waals surface area (Å²) in [5.74, 6) is -0.391. The minimum atomic E-state index is -3.80. The van der Waals surface area contributed by atoms with Crippen molar-refractivity contribution in [3.8, 4) is 5.75 Å². The standard InChI is InChI=1S/C24H25N3O5S2/c1-32-17-11-13-18(14-12-17)34(30,31)27-16-9-7-15(8-10-16)23(29)26-24-21(22(25)28)19-5-3-2-4-6-20(19)33-24/h7-14,27H,2-6H2,1H3,(H2,25,28)(H,26,29). The molecule has 2 amide bonds. The van der Waals surface area contributed by atoms with Gasteiger partial charge in [-0.05, 0) is 79.8 Å². The third-order valence-electron chi connectivity index (χ3n) is 5.66. The molecule has 0 radical (unpaired) electrons. The Kier molecular flexibility index (Phi) is 6.90. The van der Waals surface area contributed by atoms with Crippen LogP contribution in [0.1, 0.15) is 50.4 Å². The number of methoxy groups -OCH3 is 1. The van der Waals surface area contributed by atoms with Crippen LogP contribution in [0.4, 0.5) is 10.7 Å². The molecule has 10 heteroatoms. The first-order valence-corrected chi connectivity index (χ1v) is 13.1. The number of benzene rings is 2. The van der Waals surface area contributed by atoms with Gasteiger partial charge in [-0.2, -0.15) is 0 Å². The fourth-order valence-electron chi connectivity index (χ4n) is 3.93. The van der Waals surface area contributed by atoms with Gasteiger partial charge in [-0.15, -0.1) is 11.3 Å².